The molecule has 7 aromatic carbocycles. The van der Waals surface area contributed by atoms with Crippen molar-refractivity contribution in [3.05, 3.63) is 251 Å². The van der Waals surface area contributed by atoms with Crippen molar-refractivity contribution in [1.82, 2.24) is 5.32 Å². The molecular formula is C94H111NO31. The molecule has 6 aliphatic heterocycles. The third kappa shape index (κ3) is 26.0. The summed E-state index contributed by atoms with van der Waals surface area (Å²) in [4.78, 5) is 80.6. The average Bonchev–Trinajstić information content (AvgIpc) is 0.757. The summed E-state index contributed by atoms with van der Waals surface area (Å²) in [6.07, 6.45) is -32.9. The van der Waals surface area contributed by atoms with Gasteiger partial charge in [0.15, 0.2) is 68.3 Å². The molecule has 678 valence electrons. The third-order valence-corrected chi connectivity index (χ3v) is 21.7. The fraction of sp³-hybridized carbons (Fsp3) is 0.489. The molecule has 32 heteroatoms. The molecule has 6 saturated heterocycles. The molecule has 1 N–H and O–H groups in total. The van der Waals surface area contributed by atoms with Crippen LogP contribution in [0.15, 0.2) is 212 Å². The Morgan fingerprint density at radius 3 is 1.13 bits per heavy atom. The van der Waals surface area contributed by atoms with Crippen molar-refractivity contribution in [2.24, 2.45) is 0 Å². The van der Waals surface area contributed by atoms with E-state index in [9.17, 15) is 28.8 Å². The highest BCUT2D eigenvalue weighted by molar-refractivity contribution is 5.73. The van der Waals surface area contributed by atoms with Crippen LogP contribution in [0, 0.1) is 0 Å². The lowest BCUT2D eigenvalue weighted by atomic mass is 9.94. The van der Waals surface area contributed by atoms with Gasteiger partial charge in [0.2, 0.25) is 5.91 Å². The summed E-state index contributed by atoms with van der Waals surface area (Å²) in [5.74, 6) is -4.81. The zero-order chi connectivity index (χ0) is 88.4. The molecule has 26 atom stereocenters. The summed E-state index contributed by atoms with van der Waals surface area (Å²) in [5, 5.41) is 2.91. The topological polar surface area (TPSA) is 345 Å². The van der Waals surface area contributed by atoms with Crippen molar-refractivity contribution in [1.29, 1.82) is 0 Å². The molecule has 0 unspecified atom stereocenters. The standard InChI is InChI=1S/C94H111NO31/c1-56-75(114-58(3)97)83(116-60(5)99)87(111-50-68-41-27-15-28-42-68)92(113-56)126-80-74(95-57(2)96)90(102-8)119-71(76(80)124-94-88(118-62(7)101)84(117-61(6)100)79(115-59(4)98)70(121-94)51-104-45-63-31-17-10-18-32-63)52-105-55-106-53-72-77(81(107-46-64-33-19-11-20-34-64)85(91(103-9)120-72)109-48-66-37-23-13-24-38-66)125-93-86(110-49-67-39-25-14-26-40-67)82(108-47-65-35-21-12-22-36-65)78-73(122-93)54-112-89(123-78)69-43-29-16-30-44-69/h10-44,56,70-94H,45-55H2,1-9H3,(H,95,96)/t56-,70+,71+,72+,73+,74+,75+,76+,77+,78-,79-,80+,81-,82-,83+,84-,85+,86+,87-,88+,89-,90-,91+,92-,93-,94-/m0/s1. The van der Waals surface area contributed by atoms with Crippen molar-refractivity contribution in [2.75, 3.05) is 47.4 Å². The smallest absolute Gasteiger partial charge is 0.303 e. The molecule has 0 aromatic heterocycles. The highest BCUT2D eigenvalue weighted by atomic mass is 16.8. The molecule has 6 heterocycles. The third-order valence-electron chi connectivity index (χ3n) is 21.7. The number of nitrogens with one attached hydrogen (secondary N) is 1. The number of rotatable bonds is 40. The second-order valence-electron chi connectivity index (χ2n) is 31.1. The largest absolute Gasteiger partial charge is 0.456 e. The quantitative estimate of drug-likeness (QED) is 0.0162. The fourth-order valence-electron chi connectivity index (χ4n) is 16.1. The lowest BCUT2D eigenvalue weighted by molar-refractivity contribution is -0.397. The van der Waals surface area contributed by atoms with E-state index in [-0.39, 0.29) is 59.5 Å². The zero-order valence-electron chi connectivity index (χ0n) is 71.7. The molecule has 6 aliphatic rings. The Kier molecular flexibility index (Phi) is 35.2. The summed E-state index contributed by atoms with van der Waals surface area (Å²) in [5.41, 5.74) is 5.56. The number of ether oxygens (including phenoxy) is 25. The van der Waals surface area contributed by atoms with E-state index in [0.717, 1.165) is 54.2 Å². The van der Waals surface area contributed by atoms with Crippen molar-refractivity contribution in [3.8, 4) is 0 Å². The van der Waals surface area contributed by atoms with Gasteiger partial charge in [-0.25, -0.2) is 0 Å². The summed E-state index contributed by atoms with van der Waals surface area (Å²) in [7, 11) is 2.80. The van der Waals surface area contributed by atoms with Crippen LogP contribution < -0.4 is 5.32 Å². The Hall–Kier alpha value is -9.44. The van der Waals surface area contributed by atoms with E-state index in [0.29, 0.717) is 5.56 Å². The monoisotopic (exact) mass is 1750 g/mol. The first-order valence-corrected chi connectivity index (χ1v) is 42.0. The van der Waals surface area contributed by atoms with Crippen LogP contribution in [0.25, 0.3) is 0 Å². The minimum absolute atomic E-state index is 0.0166. The summed E-state index contributed by atoms with van der Waals surface area (Å²) in [6, 6.07) is 64.8. The Bertz CT molecular complexity index is 4480. The normalized spacial score (nSPS) is 30.8. The summed E-state index contributed by atoms with van der Waals surface area (Å²) >= 11 is 0. The van der Waals surface area contributed by atoms with Crippen molar-refractivity contribution in [3.63, 3.8) is 0 Å². The molecule has 7 aromatic rings. The van der Waals surface area contributed by atoms with E-state index in [1.807, 2.05) is 188 Å². The number of benzene rings is 7. The van der Waals surface area contributed by atoms with Gasteiger partial charge < -0.3 is 124 Å². The van der Waals surface area contributed by atoms with Crippen molar-refractivity contribution in [2.45, 2.75) is 248 Å². The average molecular weight is 1750 g/mol. The van der Waals surface area contributed by atoms with E-state index in [1.54, 1.807) is 31.2 Å². The SMILES string of the molecule is CO[C@H]1O[C@H](COCOC[C@H]2O[C@@H](OC)[C@H](OCc3ccccc3)[C@@H](OCc3ccccc3)[C@@H]2O[C@@H]2O[C@@H]3CO[C@H](c4ccccc4)O[C@@H]3[C@H](OCc3ccccc3)[C@H]2OCc2ccccc2)[C@@H](O[C@@H]2O[C@H](COCc3ccccc3)[C@H](OC(C)=O)[C@H](OC(C)=O)[C@H]2OC(C)=O)[C@H](O[C@@H]2O[C@@H](C)[C@@H](OC(C)=O)[C@@H](OC(C)=O)[C@@H]2OCc2ccccc2)[C@H]1NC(C)=O. The van der Waals surface area contributed by atoms with Gasteiger partial charge in [0, 0.05) is 61.3 Å². The van der Waals surface area contributed by atoms with Gasteiger partial charge in [0.1, 0.15) is 92.2 Å². The zero-order valence-corrected chi connectivity index (χ0v) is 71.7. The number of amides is 1. The van der Waals surface area contributed by atoms with Gasteiger partial charge >= 0.3 is 29.8 Å². The van der Waals surface area contributed by atoms with Crippen LogP contribution in [0.2, 0.25) is 0 Å². The molecule has 0 bridgehead atoms. The van der Waals surface area contributed by atoms with E-state index in [4.69, 9.17) is 118 Å². The number of carbonyl (C=O) groups excluding carboxylic acids is 6. The second-order valence-corrected chi connectivity index (χ2v) is 31.1. The summed E-state index contributed by atoms with van der Waals surface area (Å²) in [6.45, 7) is 6.93. The predicted molar refractivity (Wildman–Crippen MR) is 441 cm³/mol. The van der Waals surface area contributed by atoms with Gasteiger partial charge in [0.05, 0.1) is 72.2 Å². The maximum absolute atomic E-state index is 13.9. The lowest BCUT2D eigenvalue weighted by Gasteiger charge is -2.51. The molecule has 13 rings (SSSR count). The Morgan fingerprint density at radius 1 is 0.325 bits per heavy atom. The Labute approximate surface area is 731 Å². The minimum atomic E-state index is -1.88. The van der Waals surface area contributed by atoms with Gasteiger partial charge in [0.25, 0.3) is 0 Å². The number of esters is 5. The minimum Gasteiger partial charge on any atom is -0.456 e. The molecule has 0 spiro atoms. The first-order chi connectivity index (χ1) is 61.2. The van der Waals surface area contributed by atoms with E-state index < -0.39 is 209 Å². The molecular weight excluding hydrogens is 1640 g/mol. The van der Waals surface area contributed by atoms with Crippen LogP contribution in [0.1, 0.15) is 93.7 Å². The van der Waals surface area contributed by atoms with Crippen LogP contribution in [-0.4, -0.2) is 237 Å². The van der Waals surface area contributed by atoms with Gasteiger partial charge in [-0.3, -0.25) is 28.8 Å². The van der Waals surface area contributed by atoms with Crippen LogP contribution in [0.4, 0.5) is 0 Å². The van der Waals surface area contributed by atoms with Crippen LogP contribution in [0.3, 0.4) is 0 Å². The second kappa shape index (κ2) is 47.0. The molecule has 0 radical (unpaired) electrons. The molecule has 0 saturated carbocycles. The predicted octanol–water partition coefficient (Wildman–Crippen LogP) is 9.49. The number of carbonyl (C=O) groups is 6. The van der Waals surface area contributed by atoms with Crippen molar-refractivity contribution >= 4 is 35.8 Å². The Morgan fingerprint density at radius 2 is 0.667 bits per heavy atom. The maximum atomic E-state index is 13.9. The molecule has 32 nitrogen and oxygen atoms in total. The Balaban J connectivity index is 0.870. The highest BCUT2D eigenvalue weighted by Crippen LogP contribution is 2.43. The number of hydrogen-bond acceptors (Lipinski definition) is 31. The molecule has 126 heavy (non-hydrogen) atoms. The fourth-order valence-corrected chi connectivity index (χ4v) is 16.1. The molecule has 6 fully saturated rings. The molecule has 0 aliphatic carbocycles. The van der Waals surface area contributed by atoms with Crippen LogP contribution >= 0.6 is 0 Å². The number of methoxy groups -OCH3 is 2. The number of hydrogen-bond donors (Lipinski definition) is 1. The van der Waals surface area contributed by atoms with Gasteiger partial charge in [-0.2, -0.15) is 0 Å². The van der Waals surface area contributed by atoms with Gasteiger partial charge in [-0.15, -0.1) is 0 Å². The molecule has 1 amide bonds. The van der Waals surface area contributed by atoms with E-state index in [1.165, 1.54) is 35.0 Å². The van der Waals surface area contributed by atoms with Gasteiger partial charge in [-0.1, -0.05) is 212 Å². The van der Waals surface area contributed by atoms with Crippen LogP contribution in [0.5, 0.6) is 0 Å². The van der Waals surface area contributed by atoms with Crippen LogP contribution in [-0.2, 0) is 187 Å². The van der Waals surface area contributed by atoms with E-state index in [2.05, 4.69) is 5.32 Å². The first kappa shape index (κ1) is 94.2. The lowest BCUT2D eigenvalue weighted by Crippen LogP contribution is -2.70. The maximum Gasteiger partial charge on any atom is 0.303 e. The number of fused-ring (bicyclic) bond motifs is 1. The van der Waals surface area contributed by atoms with Crippen molar-refractivity contribution < 1.29 is 147 Å². The highest BCUT2D eigenvalue weighted by Gasteiger charge is 2.61. The van der Waals surface area contributed by atoms with Gasteiger partial charge in [-0.05, 0) is 40.3 Å². The van der Waals surface area contributed by atoms with E-state index >= 15 is 0 Å². The first-order valence-electron chi connectivity index (χ1n) is 42.0. The summed E-state index contributed by atoms with van der Waals surface area (Å²) < 4.78 is 167.